The zero-order valence-electron chi connectivity index (χ0n) is 15.5. The summed E-state index contributed by atoms with van der Waals surface area (Å²) >= 11 is 2.84. The second kappa shape index (κ2) is 9.94. The number of aromatic nitrogens is 1. The van der Waals surface area contributed by atoms with Crippen molar-refractivity contribution >= 4 is 40.5 Å². The molecule has 0 aliphatic rings. The van der Waals surface area contributed by atoms with Crippen molar-refractivity contribution < 1.29 is 23.9 Å². The molecule has 0 bridgehead atoms. The lowest BCUT2D eigenvalue weighted by molar-refractivity contribution is -0.145. The summed E-state index contributed by atoms with van der Waals surface area (Å²) in [5, 5.41) is 6.76. The normalized spacial score (nSPS) is 11.5. The zero-order chi connectivity index (χ0) is 20.6. The fourth-order valence-corrected chi connectivity index (χ4v) is 4.11. The van der Waals surface area contributed by atoms with E-state index >= 15 is 0 Å². The summed E-state index contributed by atoms with van der Waals surface area (Å²) in [6.45, 7) is -0.521. The lowest BCUT2D eigenvalue weighted by Gasteiger charge is -2.16. The van der Waals surface area contributed by atoms with Gasteiger partial charge in [0, 0.05) is 11.8 Å². The van der Waals surface area contributed by atoms with Gasteiger partial charge in [-0.05, 0) is 17.0 Å². The third kappa shape index (κ3) is 5.72. The largest absolute Gasteiger partial charge is 0.467 e. The number of hydrogen-bond acceptors (Lipinski definition) is 8. The maximum atomic E-state index is 12.2. The van der Waals surface area contributed by atoms with Crippen LogP contribution in [0.3, 0.4) is 0 Å². The van der Waals surface area contributed by atoms with E-state index in [0.717, 1.165) is 10.4 Å². The number of methoxy groups -OCH3 is 1. The molecular formula is C20H18N2O5S2. The van der Waals surface area contributed by atoms with Crippen LogP contribution in [0.1, 0.15) is 16.1 Å². The summed E-state index contributed by atoms with van der Waals surface area (Å²) in [5.74, 6) is -1.87. The molecule has 0 saturated carbocycles. The first-order chi connectivity index (χ1) is 14.1. The number of ether oxygens (including phenoxy) is 2. The Morgan fingerprint density at radius 3 is 2.59 bits per heavy atom. The predicted molar refractivity (Wildman–Crippen MR) is 110 cm³/mol. The molecule has 0 saturated heterocycles. The van der Waals surface area contributed by atoms with Gasteiger partial charge in [-0.15, -0.1) is 22.7 Å². The molecule has 1 unspecified atom stereocenters. The summed E-state index contributed by atoms with van der Waals surface area (Å²) in [6, 6.07) is 12.2. The van der Waals surface area contributed by atoms with Gasteiger partial charge in [0.1, 0.15) is 11.0 Å². The van der Waals surface area contributed by atoms with Crippen molar-refractivity contribution in [2.75, 3.05) is 13.7 Å². The Morgan fingerprint density at radius 1 is 1.10 bits per heavy atom. The minimum Gasteiger partial charge on any atom is -0.467 e. The smallest absolute Gasteiger partial charge is 0.358 e. The number of esters is 2. The molecule has 150 valence electrons. The molecule has 7 nitrogen and oxygen atoms in total. The number of carbonyl (C=O) groups excluding carboxylic acids is 3. The molecule has 1 aromatic carbocycles. The van der Waals surface area contributed by atoms with Gasteiger partial charge in [0.15, 0.2) is 12.3 Å². The Hall–Kier alpha value is -3.04. The molecule has 0 aliphatic heterocycles. The molecule has 0 aliphatic carbocycles. The fourth-order valence-electron chi connectivity index (χ4n) is 2.51. The standard InChI is InChI=1S/C20H18N2O5S2/c1-26-19(24)14(10-13-6-3-2-4-7-13)21-17(23)11-27-20(25)15-12-29-18(22-15)16-8-5-9-28-16/h2-9,12,14H,10-11H2,1H3,(H,21,23). The molecule has 0 radical (unpaired) electrons. The molecule has 29 heavy (non-hydrogen) atoms. The van der Waals surface area contributed by atoms with Crippen LogP contribution in [0.2, 0.25) is 0 Å². The Balaban J connectivity index is 1.54. The zero-order valence-corrected chi connectivity index (χ0v) is 17.1. The Morgan fingerprint density at radius 2 is 1.90 bits per heavy atom. The van der Waals surface area contributed by atoms with Gasteiger partial charge < -0.3 is 14.8 Å². The summed E-state index contributed by atoms with van der Waals surface area (Å²) in [6.07, 6.45) is 0.267. The number of carbonyl (C=O) groups is 3. The Kier molecular flexibility index (Phi) is 7.09. The van der Waals surface area contributed by atoms with Crippen LogP contribution >= 0.6 is 22.7 Å². The van der Waals surface area contributed by atoms with Gasteiger partial charge in [-0.3, -0.25) is 4.79 Å². The molecule has 0 spiro atoms. The monoisotopic (exact) mass is 430 g/mol. The van der Waals surface area contributed by atoms with Crippen LogP contribution in [-0.2, 0) is 25.5 Å². The highest BCUT2D eigenvalue weighted by Crippen LogP contribution is 2.27. The van der Waals surface area contributed by atoms with Gasteiger partial charge in [-0.2, -0.15) is 0 Å². The van der Waals surface area contributed by atoms with Gasteiger partial charge in [0.2, 0.25) is 0 Å². The number of nitrogens with one attached hydrogen (secondary N) is 1. The minimum atomic E-state index is -0.877. The lowest BCUT2D eigenvalue weighted by atomic mass is 10.1. The van der Waals surface area contributed by atoms with E-state index in [1.54, 1.807) is 5.38 Å². The third-order valence-corrected chi connectivity index (χ3v) is 5.76. The van der Waals surface area contributed by atoms with Gasteiger partial charge in [-0.1, -0.05) is 36.4 Å². The molecule has 3 rings (SSSR count). The van der Waals surface area contributed by atoms with E-state index in [2.05, 4.69) is 10.3 Å². The molecule has 1 N–H and O–H groups in total. The number of thiophene rings is 1. The van der Waals surface area contributed by atoms with Crippen molar-refractivity contribution in [1.29, 1.82) is 0 Å². The number of amides is 1. The third-order valence-electron chi connectivity index (χ3n) is 3.88. The van der Waals surface area contributed by atoms with Crippen LogP contribution in [0.5, 0.6) is 0 Å². The lowest BCUT2D eigenvalue weighted by Crippen LogP contribution is -2.44. The Bertz CT molecular complexity index is 970. The Labute approximate surface area is 175 Å². The van der Waals surface area contributed by atoms with E-state index in [-0.39, 0.29) is 12.1 Å². The highest BCUT2D eigenvalue weighted by molar-refractivity contribution is 7.20. The molecule has 9 heteroatoms. The summed E-state index contributed by atoms with van der Waals surface area (Å²) in [4.78, 5) is 41.5. The van der Waals surface area contributed by atoms with Crippen LogP contribution in [0, 0.1) is 0 Å². The van der Waals surface area contributed by atoms with E-state index in [1.807, 2.05) is 47.8 Å². The molecule has 2 heterocycles. The SMILES string of the molecule is COC(=O)C(Cc1ccccc1)NC(=O)COC(=O)c1csc(-c2cccs2)n1. The van der Waals surface area contributed by atoms with Gasteiger partial charge in [0.05, 0.1) is 12.0 Å². The van der Waals surface area contributed by atoms with E-state index in [0.29, 0.717) is 5.01 Å². The van der Waals surface area contributed by atoms with E-state index in [1.165, 1.54) is 29.8 Å². The first kappa shape index (κ1) is 20.7. The molecule has 1 amide bonds. The second-order valence-corrected chi connectivity index (χ2v) is 7.73. The number of rotatable bonds is 8. The highest BCUT2D eigenvalue weighted by atomic mass is 32.1. The summed E-state index contributed by atoms with van der Waals surface area (Å²) in [7, 11) is 1.25. The number of nitrogens with zero attached hydrogens (tertiary/aromatic N) is 1. The molecule has 1 atom stereocenters. The predicted octanol–water partition coefficient (Wildman–Crippen LogP) is 2.93. The van der Waals surface area contributed by atoms with Gasteiger partial charge in [0.25, 0.3) is 5.91 Å². The summed E-state index contributed by atoms with van der Waals surface area (Å²) < 4.78 is 9.78. The first-order valence-corrected chi connectivity index (χ1v) is 10.4. The average molecular weight is 431 g/mol. The summed E-state index contributed by atoms with van der Waals surface area (Å²) in [5.41, 5.74) is 1.00. The van der Waals surface area contributed by atoms with Gasteiger partial charge >= 0.3 is 11.9 Å². The van der Waals surface area contributed by atoms with Crippen molar-refractivity contribution in [3.63, 3.8) is 0 Å². The quantitative estimate of drug-likeness (QED) is 0.552. The molecule has 0 fully saturated rings. The number of hydrogen-bond donors (Lipinski definition) is 1. The van der Waals surface area contributed by atoms with Crippen LogP contribution in [0.4, 0.5) is 0 Å². The maximum absolute atomic E-state index is 12.2. The van der Waals surface area contributed by atoms with Crippen molar-refractivity contribution in [3.05, 3.63) is 64.5 Å². The fraction of sp³-hybridized carbons (Fsp3) is 0.200. The maximum Gasteiger partial charge on any atom is 0.358 e. The number of thiazole rings is 1. The van der Waals surface area contributed by atoms with Crippen LogP contribution < -0.4 is 5.32 Å². The van der Waals surface area contributed by atoms with Crippen molar-refractivity contribution in [2.45, 2.75) is 12.5 Å². The van der Waals surface area contributed by atoms with E-state index in [4.69, 9.17) is 9.47 Å². The van der Waals surface area contributed by atoms with Crippen molar-refractivity contribution in [1.82, 2.24) is 10.3 Å². The van der Waals surface area contributed by atoms with E-state index < -0.39 is 30.5 Å². The molecule has 2 aromatic heterocycles. The number of benzene rings is 1. The molecular weight excluding hydrogens is 412 g/mol. The van der Waals surface area contributed by atoms with Crippen molar-refractivity contribution in [2.24, 2.45) is 0 Å². The highest BCUT2D eigenvalue weighted by Gasteiger charge is 2.23. The van der Waals surface area contributed by atoms with Crippen LogP contribution in [-0.4, -0.2) is 42.6 Å². The second-order valence-electron chi connectivity index (χ2n) is 5.92. The van der Waals surface area contributed by atoms with Gasteiger partial charge in [-0.25, -0.2) is 14.6 Å². The average Bonchev–Trinajstić information content (AvgIpc) is 3.43. The topological polar surface area (TPSA) is 94.6 Å². The first-order valence-electron chi connectivity index (χ1n) is 8.64. The molecule has 3 aromatic rings. The van der Waals surface area contributed by atoms with Crippen molar-refractivity contribution in [3.8, 4) is 9.88 Å². The van der Waals surface area contributed by atoms with Crippen LogP contribution in [0.15, 0.2) is 53.2 Å². The minimum absolute atomic E-state index is 0.139. The van der Waals surface area contributed by atoms with Crippen LogP contribution in [0.25, 0.3) is 9.88 Å². The van der Waals surface area contributed by atoms with E-state index in [9.17, 15) is 14.4 Å².